The zero-order valence-electron chi connectivity index (χ0n) is 16.9. The van der Waals surface area contributed by atoms with Crippen LogP contribution in [0.4, 0.5) is 0 Å². The van der Waals surface area contributed by atoms with Crippen molar-refractivity contribution in [3.8, 4) is 0 Å². The number of hydrogen-bond donors (Lipinski definition) is 0. The highest BCUT2D eigenvalue weighted by atomic mass is 16.7. The van der Waals surface area contributed by atoms with E-state index in [1.807, 2.05) is 18.2 Å². The first-order chi connectivity index (χ1) is 14.2. The SMILES string of the molecule is CON(C)C(=O)[C@@H]1CCN1C(c1ccccc1)(c1ccccc1)c1ccccc1. The quantitative estimate of drug-likeness (QED) is 0.473. The molecule has 4 rings (SSSR count). The third-order valence-corrected chi connectivity index (χ3v) is 5.89. The minimum atomic E-state index is -0.559. The molecule has 3 aromatic carbocycles. The molecule has 1 fully saturated rings. The Hall–Kier alpha value is -2.95. The highest BCUT2D eigenvalue weighted by Crippen LogP contribution is 2.46. The van der Waals surface area contributed by atoms with Crippen LogP contribution < -0.4 is 0 Å². The molecular weight excluding hydrogens is 360 g/mol. The van der Waals surface area contributed by atoms with E-state index in [0.717, 1.165) is 29.7 Å². The summed E-state index contributed by atoms with van der Waals surface area (Å²) in [6, 6.07) is 31.1. The van der Waals surface area contributed by atoms with E-state index < -0.39 is 5.54 Å². The molecule has 0 N–H and O–H groups in total. The molecule has 0 unspecified atom stereocenters. The van der Waals surface area contributed by atoms with Crippen LogP contribution in [0, 0.1) is 0 Å². The molecule has 29 heavy (non-hydrogen) atoms. The van der Waals surface area contributed by atoms with Gasteiger partial charge in [-0.05, 0) is 23.1 Å². The van der Waals surface area contributed by atoms with Crippen molar-refractivity contribution in [3.63, 3.8) is 0 Å². The second kappa shape index (κ2) is 8.19. The molecule has 1 amide bonds. The molecule has 1 aliphatic rings. The Bertz CT molecular complexity index is 848. The fourth-order valence-electron chi connectivity index (χ4n) is 4.38. The van der Waals surface area contributed by atoms with Crippen LogP contribution in [0.1, 0.15) is 23.1 Å². The summed E-state index contributed by atoms with van der Waals surface area (Å²) in [6.45, 7) is 0.826. The van der Waals surface area contributed by atoms with Crippen LogP contribution in [0.15, 0.2) is 91.0 Å². The van der Waals surface area contributed by atoms with Crippen molar-refractivity contribution in [1.29, 1.82) is 0 Å². The smallest absolute Gasteiger partial charge is 0.263 e. The molecule has 0 aromatic heterocycles. The Morgan fingerprint density at radius 2 is 1.28 bits per heavy atom. The molecule has 1 saturated heterocycles. The van der Waals surface area contributed by atoms with E-state index in [1.165, 1.54) is 12.2 Å². The molecule has 148 valence electrons. The Morgan fingerprint density at radius 1 is 0.862 bits per heavy atom. The molecular formula is C25H26N2O2. The minimum Gasteiger partial charge on any atom is -0.275 e. The van der Waals surface area contributed by atoms with Crippen molar-refractivity contribution in [2.75, 3.05) is 20.7 Å². The monoisotopic (exact) mass is 386 g/mol. The highest BCUT2D eigenvalue weighted by molar-refractivity contribution is 5.82. The van der Waals surface area contributed by atoms with Gasteiger partial charge in [0.1, 0.15) is 0 Å². The van der Waals surface area contributed by atoms with Crippen molar-refractivity contribution < 1.29 is 9.63 Å². The van der Waals surface area contributed by atoms with Crippen molar-refractivity contribution in [3.05, 3.63) is 108 Å². The van der Waals surface area contributed by atoms with E-state index in [1.54, 1.807) is 7.05 Å². The Labute approximate surface area is 172 Å². The average molecular weight is 386 g/mol. The lowest BCUT2D eigenvalue weighted by atomic mass is 9.72. The maximum absolute atomic E-state index is 13.1. The van der Waals surface area contributed by atoms with Gasteiger partial charge < -0.3 is 0 Å². The van der Waals surface area contributed by atoms with Gasteiger partial charge in [-0.25, -0.2) is 5.06 Å². The topological polar surface area (TPSA) is 32.8 Å². The summed E-state index contributed by atoms with van der Waals surface area (Å²) in [7, 11) is 3.20. The number of amides is 1. The zero-order valence-corrected chi connectivity index (χ0v) is 16.9. The fraction of sp³-hybridized carbons (Fsp3) is 0.240. The first kappa shape index (κ1) is 19.4. The second-order valence-electron chi connectivity index (χ2n) is 7.32. The first-order valence-corrected chi connectivity index (χ1v) is 9.94. The maximum atomic E-state index is 13.1. The van der Waals surface area contributed by atoms with E-state index in [2.05, 4.69) is 77.7 Å². The van der Waals surface area contributed by atoms with Gasteiger partial charge in [0.15, 0.2) is 0 Å². The summed E-state index contributed by atoms with van der Waals surface area (Å²) in [4.78, 5) is 20.6. The minimum absolute atomic E-state index is 0.0223. The average Bonchev–Trinajstić information content (AvgIpc) is 2.77. The Morgan fingerprint density at radius 3 is 1.59 bits per heavy atom. The lowest BCUT2D eigenvalue weighted by Gasteiger charge is -2.54. The predicted octanol–water partition coefficient (Wildman–Crippen LogP) is 4.07. The number of hydroxylamine groups is 2. The van der Waals surface area contributed by atoms with Gasteiger partial charge >= 0.3 is 0 Å². The number of likely N-dealkylation sites (N-methyl/N-ethyl adjacent to an activating group) is 1. The van der Waals surface area contributed by atoms with Crippen LogP contribution in [0.3, 0.4) is 0 Å². The molecule has 1 atom stereocenters. The molecule has 0 spiro atoms. The standard InChI is InChI=1S/C25H26N2O2/c1-26(29-2)24(28)23-18-19-27(23)25(20-12-6-3-7-13-20,21-14-8-4-9-15-21)22-16-10-5-11-17-22/h3-17,23H,18-19H2,1-2H3/t23-/m0/s1. The van der Waals surface area contributed by atoms with Gasteiger partial charge in [-0.1, -0.05) is 91.0 Å². The number of carbonyl (C=O) groups is 1. The molecule has 0 aliphatic carbocycles. The Balaban J connectivity index is 1.95. The van der Waals surface area contributed by atoms with E-state index in [9.17, 15) is 4.79 Å². The van der Waals surface area contributed by atoms with E-state index in [-0.39, 0.29) is 11.9 Å². The summed E-state index contributed by atoms with van der Waals surface area (Å²) in [5.74, 6) is -0.0223. The number of likely N-dealkylation sites (tertiary alicyclic amines) is 1. The molecule has 4 nitrogen and oxygen atoms in total. The fourth-order valence-corrected chi connectivity index (χ4v) is 4.38. The van der Waals surface area contributed by atoms with Gasteiger partial charge in [0.25, 0.3) is 5.91 Å². The van der Waals surface area contributed by atoms with Crippen LogP contribution >= 0.6 is 0 Å². The molecule has 1 heterocycles. The summed E-state index contributed by atoms with van der Waals surface area (Å²) < 4.78 is 0. The largest absolute Gasteiger partial charge is 0.275 e. The summed E-state index contributed by atoms with van der Waals surface area (Å²) in [5.41, 5.74) is 2.89. The third kappa shape index (κ3) is 3.24. The second-order valence-corrected chi connectivity index (χ2v) is 7.32. The van der Waals surface area contributed by atoms with Crippen molar-refractivity contribution in [2.24, 2.45) is 0 Å². The third-order valence-electron chi connectivity index (χ3n) is 5.89. The summed E-state index contributed by atoms with van der Waals surface area (Å²) in [6.07, 6.45) is 0.806. The van der Waals surface area contributed by atoms with Crippen molar-refractivity contribution >= 4 is 5.91 Å². The van der Waals surface area contributed by atoms with Gasteiger partial charge in [-0.3, -0.25) is 14.5 Å². The molecule has 3 aromatic rings. The number of rotatable bonds is 6. The van der Waals surface area contributed by atoms with E-state index in [0.29, 0.717) is 0 Å². The zero-order chi connectivity index (χ0) is 20.3. The van der Waals surface area contributed by atoms with Crippen LogP contribution in [-0.2, 0) is 15.2 Å². The van der Waals surface area contributed by atoms with Gasteiger partial charge in [0.2, 0.25) is 0 Å². The van der Waals surface area contributed by atoms with E-state index >= 15 is 0 Å². The van der Waals surface area contributed by atoms with Crippen molar-refractivity contribution in [2.45, 2.75) is 18.0 Å². The first-order valence-electron chi connectivity index (χ1n) is 9.94. The number of benzene rings is 3. The van der Waals surface area contributed by atoms with Gasteiger partial charge in [-0.2, -0.15) is 0 Å². The predicted molar refractivity (Wildman–Crippen MR) is 114 cm³/mol. The highest BCUT2D eigenvalue weighted by Gasteiger charge is 2.51. The lowest BCUT2D eigenvalue weighted by Crippen LogP contribution is -2.64. The number of hydrogen-bond acceptors (Lipinski definition) is 3. The van der Waals surface area contributed by atoms with Gasteiger partial charge in [0, 0.05) is 13.6 Å². The van der Waals surface area contributed by atoms with Crippen LogP contribution in [0.2, 0.25) is 0 Å². The summed E-state index contributed by atoms with van der Waals surface area (Å²) >= 11 is 0. The van der Waals surface area contributed by atoms with Gasteiger partial charge in [0.05, 0.1) is 18.7 Å². The molecule has 4 heteroatoms. The normalized spacial score (nSPS) is 16.8. The van der Waals surface area contributed by atoms with Gasteiger partial charge in [-0.15, -0.1) is 0 Å². The van der Waals surface area contributed by atoms with E-state index in [4.69, 9.17) is 4.84 Å². The molecule has 0 bridgehead atoms. The molecule has 0 radical (unpaired) electrons. The summed E-state index contributed by atoms with van der Waals surface area (Å²) in [5, 5.41) is 1.34. The van der Waals surface area contributed by atoms with Crippen LogP contribution in [-0.4, -0.2) is 42.6 Å². The maximum Gasteiger partial charge on any atom is 0.263 e. The molecule has 0 saturated carbocycles. The Kier molecular flexibility index (Phi) is 5.47. The van der Waals surface area contributed by atoms with Crippen molar-refractivity contribution in [1.82, 2.24) is 9.96 Å². The lowest BCUT2D eigenvalue weighted by molar-refractivity contribution is -0.182. The van der Waals surface area contributed by atoms with Crippen LogP contribution in [0.5, 0.6) is 0 Å². The number of carbonyl (C=O) groups excluding carboxylic acids is 1. The van der Waals surface area contributed by atoms with Crippen LogP contribution in [0.25, 0.3) is 0 Å². The number of nitrogens with zero attached hydrogens (tertiary/aromatic N) is 2. The molecule has 1 aliphatic heterocycles.